The summed E-state index contributed by atoms with van der Waals surface area (Å²) < 4.78 is 0. The first-order valence-corrected chi connectivity index (χ1v) is 6.24. The van der Waals surface area contributed by atoms with Gasteiger partial charge in [0.25, 0.3) is 0 Å². The van der Waals surface area contributed by atoms with Crippen LogP contribution in [0.3, 0.4) is 0 Å². The molecule has 2 N–H and O–H groups in total. The van der Waals surface area contributed by atoms with Crippen LogP contribution in [0.25, 0.3) is 0 Å². The van der Waals surface area contributed by atoms with Crippen LogP contribution in [0, 0.1) is 0 Å². The zero-order valence-electron chi connectivity index (χ0n) is 11.1. The lowest BCUT2D eigenvalue weighted by Gasteiger charge is -2.32. The number of carbonyl (C=O) groups is 1. The topological polar surface area (TPSA) is 60.8 Å². The Morgan fingerprint density at radius 3 is 2.17 bits per heavy atom. The number of benzene rings is 1. The molecule has 2 unspecified atom stereocenters. The molecule has 2 atom stereocenters. The average Bonchev–Trinajstić information content (AvgIpc) is 2.33. The second kappa shape index (κ2) is 6.40. The molecule has 1 aromatic rings. The maximum atomic E-state index is 11.2. The van der Waals surface area contributed by atoms with Crippen molar-refractivity contribution in [1.29, 1.82) is 0 Å². The Bertz CT molecular complexity index is 389. The summed E-state index contributed by atoms with van der Waals surface area (Å²) in [6, 6.07) is 6.51. The first kappa shape index (κ1) is 14.5. The van der Waals surface area contributed by atoms with Gasteiger partial charge in [-0.15, -0.1) is 0 Å². The monoisotopic (exact) mass is 251 g/mol. The number of phenols is 1. The van der Waals surface area contributed by atoms with Crippen molar-refractivity contribution >= 4 is 5.97 Å². The van der Waals surface area contributed by atoms with Gasteiger partial charge in [-0.2, -0.15) is 0 Å². The third-order valence-corrected chi connectivity index (χ3v) is 3.32. The Kier molecular flexibility index (Phi) is 5.16. The minimum absolute atomic E-state index is 0.0478. The van der Waals surface area contributed by atoms with Crippen molar-refractivity contribution in [2.24, 2.45) is 0 Å². The van der Waals surface area contributed by atoms with E-state index in [0.717, 1.165) is 12.0 Å². The van der Waals surface area contributed by atoms with Crippen LogP contribution in [0.1, 0.15) is 38.3 Å². The molecule has 0 aliphatic rings. The molecular weight excluding hydrogens is 230 g/mol. The molecular formula is C14H21NO3. The Labute approximate surface area is 108 Å². The molecule has 0 radical (unpaired) electrons. The van der Waals surface area contributed by atoms with Crippen LogP contribution >= 0.6 is 0 Å². The van der Waals surface area contributed by atoms with Gasteiger partial charge in [0.05, 0.1) is 0 Å². The second-order valence-corrected chi connectivity index (χ2v) is 4.44. The molecule has 1 aromatic carbocycles. The van der Waals surface area contributed by atoms with Gasteiger partial charge in [-0.05, 0) is 37.6 Å². The van der Waals surface area contributed by atoms with Gasteiger partial charge in [0.2, 0.25) is 0 Å². The van der Waals surface area contributed by atoms with Gasteiger partial charge >= 0.3 is 5.97 Å². The highest BCUT2D eigenvalue weighted by molar-refractivity contribution is 5.73. The second-order valence-electron chi connectivity index (χ2n) is 4.44. The third kappa shape index (κ3) is 3.23. The Morgan fingerprint density at radius 2 is 1.78 bits per heavy atom. The lowest BCUT2D eigenvalue weighted by molar-refractivity contribution is -0.143. The maximum Gasteiger partial charge on any atom is 0.320 e. The molecule has 4 heteroatoms. The standard InChI is InChI=1S/C14H21NO3/c1-4-12(10-6-8-11(16)9-7-10)15(3)13(5-2)14(17)18/h6-9,12-13,16H,4-5H2,1-3H3,(H,17,18). The molecule has 18 heavy (non-hydrogen) atoms. The van der Waals surface area contributed by atoms with Crippen molar-refractivity contribution < 1.29 is 15.0 Å². The van der Waals surface area contributed by atoms with Crippen LogP contribution in [0.15, 0.2) is 24.3 Å². The zero-order chi connectivity index (χ0) is 13.7. The molecule has 100 valence electrons. The van der Waals surface area contributed by atoms with Crippen LogP contribution in [-0.4, -0.2) is 34.2 Å². The average molecular weight is 251 g/mol. The fraction of sp³-hybridized carbons (Fsp3) is 0.500. The maximum absolute atomic E-state index is 11.2. The number of phenolic OH excluding ortho intramolecular Hbond substituents is 1. The molecule has 0 fully saturated rings. The summed E-state index contributed by atoms with van der Waals surface area (Å²) in [5.41, 5.74) is 1.03. The summed E-state index contributed by atoms with van der Waals surface area (Å²) in [7, 11) is 1.84. The van der Waals surface area contributed by atoms with Crippen molar-refractivity contribution in [2.45, 2.75) is 38.8 Å². The van der Waals surface area contributed by atoms with E-state index in [2.05, 4.69) is 0 Å². The fourth-order valence-electron chi connectivity index (χ4n) is 2.31. The number of hydrogen-bond donors (Lipinski definition) is 2. The number of aromatic hydroxyl groups is 1. The van der Waals surface area contributed by atoms with Gasteiger partial charge < -0.3 is 10.2 Å². The molecule has 1 rings (SSSR count). The Balaban J connectivity index is 2.95. The van der Waals surface area contributed by atoms with E-state index in [1.54, 1.807) is 12.1 Å². The van der Waals surface area contributed by atoms with Crippen LogP contribution in [0.4, 0.5) is 0 Å². The van der Waals surface area contributed by atoms with E-state index in [4.69, 9.17) is 0 Å². The van der Waals surface area contributed by atoms with E-state index in [1.165, 1.54) is 0 Å². The lowest BCUT2D eigenvalue weighted by Crippen LogP contribution is -2.40. The molecule has 0 aliphatic carbocycles. The molecule has 4 nitrogen and oxygen atoms in total. The number of carboxylic acid groups (broad SMARTS) is 1. The highest BCUT2D eigenvalue weighted by Gasteiger charge is 2.26. The molecule has 0 saturated heterocycles. The molecule has 0 aliphatic heterocycles. The Morgan fingerprint density at radius 1 is 1.22 bits per heavy atom. The van der Waals surface area contributed by atoms with Gasteiger partial charge in [0, 0.05) is 6.04 Å². The predicted octanol–water partition coefficient (Wildman–Crippen LogP) is 2.64. The van der Waals surface area contributed by atoms with E-state index >= 15 is 0 Å². The number of hydrogen-bond acceptors (Lipinski definition) is 3. The SMILES string of the molecule is CCC(C(=O)O)N(C)C(CC)c1ccc(O)cc1. The van der Waals surface area contributed by atoms with Gasteiger partial charge in [0.15, 0.2) is 0 Å². The number of rotatable bonds is 6. The predicted molar refractivity (Wildman–Crippen MR) is 70.6 cm³/mol. The summed E-state index contributed by atoms with van der Waals surface area (Å²) >= 11 is 0. The highest BCUT2D eigenvalue weighted by atomic mass is 16.4. The molecule has 0 heterocycles. The van der Waals surface area contributed by atoms with Crippen LogP contribution in [-0.2, 0) is 4.79 Å². The van der Waals surface area contributed by atoms with Crippen molar-refractivity contribution in [3.63, 3.8) is 0 Å². The summed E-state index contributed by atoms with van der Waals surface area (Å²) in [5.74, 6) is -0.571. The van der Waals surface area contributed by atoms with E-state index < -0.39 is 12.0 Å². The largest absolute Gasteiger partial charge is 0.508 e. The van der Waals surface area contributed by atoms with Gasteiger partial charge in [0.1, 0.15) is 11.8 Å². The molecule has 0 aromatic heterocycles. The zero-order valence-corrected chi connectivity index (χ0v) is 11.1. The van der Waals surface area contributed by atoms with Crippen molar-refractivity contribution in [1.82, 2.24) is 4.90 Å². The van der Waals surface area contributed by atoms with Crippen molar-refractivity contribution in [3.05, 3.63) is 29.8 Å². The van der Waals surface area contributed by atoms with Crippen molar-refractivity contribution in [2.75, 3.05) is 7.05 Å². The summed E-state index contributed by atoms with van der Waals surface area (Å²) in [6.07, 6.45) is 1.39. The van der Waals surface area contributed by atoms with Crippen LogP contribution in [0.2, 0.25) is 0 Å². The van der Waals surface area contributed by atoms with Gasteiger partial charge in [-0.25, -0.2) is 0 Å². The first-order valence-electron chi connectivity index (χ1n) is 6.24. The van der Waals surface area contributed by atoms with E-state index in [0.29, 0.717) is 6.42 Å². The highest BCUT2D eigenvalue weighted by Crippen LogP contribution is 2.27. The van der Waals surface area contributed by atoms with Gasteiger partial charge in [-0.1, -0.05) is 26.0 Å². The third-order valence-electron chi connectivity index (χ3n) is 3.32. The van der Waals surface area contributed by atoms with E-state index in [-0.39, 0.29) is 11.8 Å². The van der Waals surface area contributed by atoms with Crippen LogP contribution in [0.5, 0.6) is 5.75 Å². The summed E-state index contributed by atoms with van der Waals surface area (Å²) in [4.78, 5) is 13.1. The molecule has 0 spiro atoms. The summed E-state index contributed by atoms with van der Waals surface area (Å²) in [6.45, 7) is 3.90. The summed E-state index contributed by atoms with van der Waals surface area (Å²) in [5, 5.41) is 18.5. The number of carboxylic acids is 1. The Hall–Kier alpha value is -1.55. The van der Waals surface area contributed by atoms with E-state index in [1.807, 2.05) is 37.9 Å². The number of aliphatic carboxylic acids is 1. The number of nitrogens with zero attached hydrogens (tertiary/aromatic N) is 1. The fourth-order valence-corrected chi connectivity index (χ4v) is 2.31. The minimum Gasteiger partial charge on any atom is -0.508 e. The molecule has 0 amide bonds. The van der Waals surface area contributed by atoms with Gasteiger partial charge in [-0.3, -0.25) is 9.69 Å². The lowest BCUT2D eigenvalue weighted by atomic mass is 10.0. The van der Waals surface area contributed by atoms with Crippen molar-refractivity contribution in [3.8, 4) is 5.75 Å². The first-order chi connectivity index (χ1) is 8.51. The minimum atomic E-state index is -0.794. The van der Waals surface area contributed by atoms with E-state index in [9.17, 15) is 15.0 Å². The molecule has 0 saturated carbocycles. The normalized spacial score (nSPS) is 14.4. The molecule has 0 bridgehead atoms. The quantitative estimate of drug-likeness (QED) is 0.816. The number of likely N-dealkylation sites (N-methyl/N-ethyl adjacent to an activating group) is 1. The smallest absolute Gasteiger partial charge is 0.320 e. The van der Waals surface area contributed by atoms with Crippen LogP contribution < -0.4 is 0 Å².